The normalized spacial score (nSPS) is 11.9. The number of halogens is 5. The molecule has 2 rings (SSSR count). The summed E-state index contributed by atoms with van der Waals surface area (Å²) in [5, 5.41) is 4.06. The summed E-state index contributed by atoms with van der Waals surface area (Å²) in [4.78, 5) is 0. The van der Waals surface area contributed by atoms with Gasteiger partial charge in [0.25, 0.3) is 0 Å². The van der Waals surface area contributed by atoms with Crippen LogP contribution in [0.25, 0.3) is 0 Å². The Bertz CT molecular complexity index is 672. The molecule has 110 valence electrons. The number of nitrogens with zero attached hydrogens (tertiary/aromatic N) is 1. The van der Waals surface area contributed by atoms with Crippen molar-refractivity contribution in [3.05, 3.63) is 63.1 Å². The van der Waals surface area contributed by atoms with Crippen molar-refractivity contribution in [1.82, 2.24) is 0 Å². The van der Waals surface area contributed by atoms with Gasteiger partial charge in [0.05, 0.1) is 22.5 Å². The van der Waals surface area contributed by atoms with E-state index in [1.807, 2.05) is 24.3 Å². The minimum Gasteiger partial charge on any atom is -0.277 e. The average molecular weight is 378 g/mol. The Morgan fingerprint density at radius 1 is 1.14 bits per heavy atom. The Labute approximate surface area is 132 Å². The maximum absolute atomic E-state index is 12.6. The molecule has 0 spiro atoms. The monoisotopic (exact) mass is 376 g/mol. The van der Waals surface area contributed by atoms with E-state index in [0.717, 1.165) is 22.2 Å². The third kappa shape index (κ3) is 4.22. The third-order valence-corrected chi connectivity index (χ3v) is 3.64. The standard InChI is InChI=1S/C14H9BrClF3N2/c15-11-4-2-1-3-9(11)8-20-21-13-7-10(14(17,18)19)5-6-12(13)16/h1-8,21H/b20-8-. The summed E-state index contributed by atoms with van der Waals surface area (Å²) in [5.74, 6) is 0. The molecule has 0 radical (unpaired) electrons. The second-order valence-electron chi connectivity index (χ2n) is 4.08. The zero-order valence-corrected chi connectivity index (χ0v) is 12.8. The molecule has 0 bridgehead atoms. The molecule has 0 atom stereocenters. The Hall–Kier alpha value is -1.53. The molecule has 7 heteroatoms. The molecule has 0 saturated carbocycles. The Morgan fingerprint density at radius 2 is 1.86 bits per heavy atom. The Morgan fingerprint density at radius 3 is 2.52 bits per heavy atom. The molecule has 0 saturated heterocycles. The number of hydrogen-bond donors (Lipinski definition) is 1. The first-order valence-corrected chi connectivity index (χ1v) is 6.95. The van der Waals surface area contributed by atoms with Gasteiger partial charge in [0, 0.05) is 10.0 Å². The third-order valence-electron chi connectivity index (χ3n) is 2.59. The molecule has 2 aromatic rings. The van der Waals surface area contributed by atoms with Crippen LogP contribution in [0.15, 0.2) is 52.0 Å². The molecule has 0 aliphatic carbocycles. The minimum atomic E-state index is -4.42. The maximum atomic E-state index is 12.6. The van der Waals surface area contributed by atoms with E-state index < -0.39 is 11.7 Å². The number of anilines is 1. The van der Waals surface area contributed by atoms with Crippen LogP contribution in [-0.4, -0.2) is 6.21 Å². The first kappa shape index (κ1) is 15.9. The fraction of sp³-hybridized carbons (Fsp3) is 0.0714. The molecular weight excluding hydrogens is 369 g/mol. The van der Waals surface area contributed by atoms with Crippen LogP contribution < -0.4 is 5.43 Å². The zero-order chi connectivity index (χ0) is 15.5. The predicted molar refractivity (Wildman–Crippen MR) is 81.8 cm³/mol. The van der Waals surface area contributed by atoms with E-state index in [1.165, 1.54) is 12.3 Å². The first-order valence-electron chi connectivity index (χ1n) is 5.78. The van der Waals surface area contributed by atoms with Gasteiger partial charge in [-0.25, -0.2) is 0 Å². The molecule has 0 aromatic heterocycles. The largest absolute Gasteiger partial charge is 0.416 e. The summed E-state index contributed by atoms with van der Waals surface area (Å²) in [6.07, 6.45) is -2.94. The first-order chi connectivity index (χ1) is 9.88. The quantitative estimate of drug-likeness (QED) is 0.549. The Kier molecular flexibility index (Phi) is 4.90. The number of benzene rings is 2. The lowest BCUT2D eigenvalue weighted by molar-refractivity contribution is -0.137. The molecule has 0 amide bonds. The molecule has 1 N–H and O–H groups in total. The van der Waals surface area contributed by atoms with Crippen molar-refractivity contribution in [2.24, 2.45) is 5.10 Å². The Balaban J connectivity index is 2.18. The summed E-state index contributed by atoms with van der Waals surface area (Å²) >= 11 is 9.19. The van der Waals surface area contributed by atoms with Crippen LogP contribution in [-0.2, 0) is 6.18 Å². The van der Waals surface area contributed by atoms with Crippen LogP contribution >= 0.6 is 27.5 Å². The van der Waals surface area contributed by atoms with Gasteiger partial charge in [0.1, 0.15) is 0 Å². The second kappa shape index (κ2) is 6.49. The van der Waals surface area contributed by atoms with Crippen LogP contribution in [0.5, 0.6) is 0 Å². The lowest BCUT2D eigenvalue weighted by atomic mass is 10.2. The number of rotatable bonds is 3. The van der Waals surface area contributed by atoms with Crippen molar-refractivity contribution in [1.29, 1.82) is 0 Å². The smallest absolute Gasteiger partial charge is 0.277 e. The van der Waals surface area contributed by atoms with Gasteiger partial charge in [0.2, 0.25) is 0 Å². The summed E-state index contributed by atoms with van der Waals surface area (Å²) < 4.78 is 38.7. The minimum absolute atomic E-state index is 0.0924. The summed E-state index contributed by atoms with van der Waals surface area (Å²) in [6.45, 7) is 0. The lowest BCUT2D eigenvalue weighted by Gasteiger charge is -2.09. The highest BCUT2D eigenvalue weighted by atomic mass is 79.9. The van der Waals surface area contributed by atoms with Crippen LogP contribution in [0.1, 0.15) is 11.1 Å². The van der Waals surface area contributed by atoms with Gasteiger partial charge in [-0.2, -0.15) is 18.3 Å². The SMILES string of the molecule is FC(F)(F)c1ccc(Cl)c(N/N=C\c2ccccc2Br)c1. The molecule has 0 aliphatic heterocycles. The van der Waals surface area contributed by atoms with E-state index in [2.05, 4.69) is 26.5 Å². The molecule has 0 unspecified atom stereocenters. The topological polar surface area (TPSA) is 24.4 Å². The number of alkyl halides is 3. The lowest BCUT2D eigenvalue weighted by Crippen LogP contribution is -2.05. The highest BCUT2D eigenvalue weighted by Crippen LogP contribution is 2.33. The summed E-state index contributed by atoms with van der Waals surface area (Å²) in [6, 6.07) is 10.3. The molecule has 21 heavy (non-hydrogen) atoms. The highest BCUT2D eigenvalue weighted by molar-refractivity contribution is 9.10. The molecule has 0 fully saturated rings. The highest BCUT2D eigenvalue weighted by Gasteiger charge is 2.30. The summed E-state index contributed by atoms with van der Waals surface area (Å²) in [7, 11) is 0. The van der Waals surface area contributed by atoms with E-state index in [1.54, 1.807) is 0 Å². The van der Waals surface area contributed by atoms with Gasteiger partial charge >= 0.3 is 6.18 Å². The van der Waals surface area contributed by atoms with Crippen molar-refractivity contribution in [3.63, 3.8) is 0 Å². The molecule has 2 nitrogen and oxygen atoms in total. The predicted octanol–water partition coefficient (Wildman–Crippen LogP) is 5.57. The fourth-order valence-corrected chi connectivity index (χ4v) is 2.09. The molecule has 2 aromatic carbocycles. The number of hydrogen-bond acceptors (Lipinski definition) is 2. The van der Waals surface area contributed by atoms with Gasteiger partial charge in [-0.15, -0.1) is 0 Å². The van der Waals surface area contributed by atoms with Crippen LogP contribution in [0.3, 0.4) is 0 Å². The van der Waals surface area contributed by atoms with Crippen molar-refractivity contribution in [2.45, 2.75) is 6.18 Å². The number of hydrazone groups is 1. The summed E-state index contributed by atoms with van der Waals surface area (Å²) in [5.41, 5.74) is 2.61. The number of nitrogens with one attached hydrogen (secondary N) is 1. The van der Waals surface area contributed by atoms with Crippen molar-refractivity contribution >= 4 is 39.4 Å². The van der Waals surface area contributed by atoms with E-state index >= 15 is 0 Å². The molecule has 0 aliphatic rings. The molecular formula is C14H9BrClF3N2. The van der Waals surface area contributed by atoms with Gasteiger partial charge in [-0.05, 0) is 24.3 Å². The zero-order valence-electron chi connectivity index (χ0n) is 10.5. The van der Waals surface area contributed by atoms with E-state index in [0.29, 0.717) is 0 Å². The van der Waals surface area contributed by atoms with Gasteiger partial charge in [-0.3, -0.25) is 5.43 Å². The van der Waals surface area contributed by atoms with Crippen LogP contribution in [0.2, 0.25) is 5.02 Å². The van der Waals surface area contributed by atoms with Crippen LogP contribution in [0, 0.1) is 0 Å². The van der Waals surface area contributed by atoms with Crippen molar-refractivity contribution in [3.8, 4) is 0 Å². The molecule has 0 heterocycles. The van der Waals surface area contributed by atoms with E-state index in [4.69, 9.17) is 11.6 Å². The second-order valence-corrected chi connectivity index (χ2v) is 5.35. The van der Waals surface area contributed by atoms with Crippen molar-refractivity contribution in [2.75, 3.05) is 5.43 Å². The van der Waals surface area contributed by atoms with E-state index in [-0.39, 0.29) is 10.7 Å². The van der Waals surface area contributed by atoms with Gasteiger partial charge in [-0.1, -0.05) is 45.7 Å². The van der Waals surface area contributed by atoms with Crippen molar-refractivity contribution < 1.29 is 13.2 Å². The fourth-order valence-electron chi connectivity index (χ4n) is 1.54. The average Bonchev–Trinajstić information content (AvgIpc) is 2.41. The van der Waals surface area contributed by atoms with Gasteiger partial charge in [0.15, 0.2) is 0 Å². The van der Waals surface area contributed by atoms with E-state index in [9.17, 15) is 13.2 Å². The maximum Gasteiger partial charge on any atom is 0.416 e. The van der Waals surface area contributed by atoms with Crippen LogP contribution in [0.4, 0.5) is 18.9 Å². The van der Waals surface area contributed by atoms with Gasteiger partial charge < -0.3 is 0 Å².